The van der Waals surface area contributed by atoms with E-state index in [2.05, 4.69) is 10.0 Å². The molecule has 2 rings (SSSR count). The monoisotopic (exact) mass is 487 g/mol. The molecule has 0 bridgehead atoms. The van der Waals surface area contributed by atoms with Crippen LogP contribution in [0.15, 0.2) is 29.2 Å². The molecule has 1 saturated heterocycles. The van der Waals surface area contributed by atoms with Crippen molar-refractivity contribution in [2.24, 2.45) is 0 Å². The summed E-state index contributed by atoms with van der Waals surface area (Å²) in [4.78, 5) is 27.7. The van der Waals surface area contributed by atoms with Gasteiger partial charge in [-0.1, -0.05) is 24.9 Å². The summed E-state index contributed by atoms with van der Waals surface area (Å²) in [6.45, 7) is 7.96. The smallest absolute Gasteiger partial charge is 0.243 e. The van der Waals surface area contributed by atoms with Crippen LogP contribution in [0.5, 0.6) is 0 Å². The number of hydrogen-bond donors (Lipinski definition) is 2. The van der Waals surface area contributed by atoms with Crippen LogP contribution in [0.1, 0.15) is 53.4 Å². The molecule has 0 radical (unpaired) electrons. The van der Waals surface area contributed by atoms with Gasteiger partial charge in [0.25, 0.3) is 0 Å². The van der Waals surface area contributed by atoms with E-state index in [-0.39, 0.29) is 23.5 Å². The zero-order valence-corrected chi connectivity index (χ0v) is 20.8. The summed E-state index contributed by atoms with van der Waals surface area (Å²) in [6, 6.07) is 4.97. The van der Waals surface area contributed by atoms with E-state index in [9.17, 15) is 18.0 Å². The van der Waals surface area contributed by atoms with Crippen LogP contribution in [-0.2, 0) is 24.3 Å². The van der Waals surface area contributed by atoms with E-state index in [4.69, 9.17) is 16.3 Å². The minimum atomic E-state index is -3.91. The molecule has 8 nitrogen and oxygen atoms in total. The third kappa shape index (κ3) is 8.03. The maximum absolute atomic E-state index is 13.2. The fourth-order valence-electron chi connectivity index (χ4n) is 3.52. The lowest BCUT2D eigenvalue weighted by Gasteiger charge is -2.34. The molecule has 0 spiro atoms. The lowest BCUT2D eigenvalue weighted by molar-refractivity contribution is -0.142. The van der Waals surface area contributed by atoms with E-state index >= 15 is 0 Å². The third-order valence-electron chi connectivity index (χ3n) is 5.02. The minimum Gasteiger partial charge on any atom is -0.376 e. The number of benzene rings is 1. The van der Waals surface area contributed by atoms with Crippen molar-refractivity contribution in [2.75, 3.05) is 19.7 Å². The van der Waals surface area contributed by atoms with Crippen LogP contribution in [0.4, 0.5) is 0 Å². The maximum Gasteiger partial charge on any atom is 0.243 e. The summed E-state index contributed by atoms with van der Waals surface area (Å²) >= 11 is 5.83. The number of carbonyl (C=O) groups excluding carboxylic acids is 2. The number of carbonyl (C=O) groups is 2. The van der Waals surface area contributed by atoms with Gasteiger partial charge >= 0.3 is 0 Å². The van der Waals surface area contributed by atoms with Crippen molar-refractivity contribution in [3.8, 4) is 0 Å². The molecule has 2 amide bonds. The Labute approximate surface area is 196 Å². The van der Waals surface area contributed by atoms with Gasteiger partial charge < -0.3 is 15.0 Å². The van der Waals surface area contributed by atoms with Crippen LogP contribution in [0.2, 0.25) is 5.02 Å². The zero-order chi connectivity index (χ0) is 23.9. The Hall–Kier alpha value is -1.68. The highest BCUT2D eigenvalue weighted by Gasteiger charge is 2.34. The van der Waals surface area contributed by atoms with Gasteiger partial charge in [0.15, 0.2) is 0 Å². The van der Waals surface area contributed by atoms with Crippen LogP contribution in [0.3, 0.4) is 0 Å². The molecule has 1 aromatic rings. The summed E-state index contributed by atoms with van der Waals surface area (Å²) in [5, 5.41) is 3.36. The highest BCUT2D eigenvalue weighted by Crippen LogP contribution is 2.18. The summed E-state index contributed by atoms with van der Waals surface area (Å²) in [5.41, 5.74) is -0.460. The number of amides is 2. The van der Waals surface area contributed by atoms with Gasteiger partial charge in [-0.15, -0.1) is 0 Å². The van der Waals surface area contributed by atoms with Gasteiger partial charge in [-0.2, -0.15) is 0 Å². The Kier molecular flexibility index (Phi) is 9.51. The molecule has 0 saturated carbocycles. The van der Waals surface area contributed by atoms with Crippen LogP contribution >= 0.6 is 11.6 Å². The Morgan fingerprint density at radius 2 is 1.91 bits per heavy atom. The fraction of sp³-hybridized carbons (Fsp3) is 0.636. The topological polar surface area (TPSA) is 105 Å². The molecule has 10 heteroatoms. The van der Waals surface area contributed by atoms with E-state index in [1.54, 1.807) is 0 Å². The molecule has 2 atom stereocenters. The zero-order valence-electron chi connectivity index (χ0n) is 19.2. The third-order valence-corrected chi connectivity index (χ3v) is 6.69. The predicted molar refractivity (Wildman–Crippen MR) is 124 cm³/mol. The number of halogens is 1. The average molecular weight is 488 g/mol. The second kappa shape index (κ2) is 11.4. The lowest BCUT2D eigenvalue weighted by atomic mass is 10.0. The molecule has 0 unspecified atom stereocenters. The van der Waals surface area contributed by atoms with Crippen molar-refractivity contribution in [2.45, 2.75) is 76.0 Å². The van der Waals surface area contributed by atoms with Crippen LogP contribution in [-0.4, -0.2) is 62.5 Å². The SMILES string of the molecule is CCC[C@@H](C(=O)NC(C)(C)C)N(C[C@@H]1CCCO1)C(=O)CNS(=O)(=O)c1ccc(Cl)cc1. The van der Waals surface area contributed by atoms with Gasteiger partial charge in [0.1, 0.15) is 6.04 Å². The standard InChI is InChI=1S/C22H34ClN3O5S/c1-5-7-19(21(28)25-22(2,3)4)26(15-17-8-6-13-31-17)20(27)14-24-32(29,30)18-11-9-16(23)10-12-18/h9-12,17,19,24H,5-8,13-15H2,1-4H3,(H,25,28)/t17-,19-/m0/s1. The first kappa shape index (κ1) is 26.6. The lowest BCUT2D eigenvalue weighted by Crippen LogP contribution is -2.56. The first-order chi connectivity index (χ1) is 14.9. The predicted octanol–water partition coefficient (Wildman–Crippen LogP) is 2.71. The summed E-state index contributed by atoms with van der Waals surface area (Å²) in [6.07, 6.45) is 2.66. The number of rotatable bonds is 10. The van der Waals surface area contributed by atoms with Crippen molar-refractivity contribution >= 4 is 33.4 Å². The number of sulfonamides is 1. The number of ether oxygens (including phenoxy) is 1. The Bertz CT molecular complexity index is 878. The summed E-state index contributed by atoms with van der Waals surface area (Å²) < 4.78 is 33.2. The highest BCUT2D eigenvalue weighted by molar-refractivity contribution is 7.89. The maximum atomic E-state index is 13.2. The molecule has 180 valence electrons. The molecule has 0 aromatic heterocycles. The van der Waals surface area contributed by atoms with Gasteiger partial charge in [-0.05, 0) is 64.3 Å². The molecule has 1 aliphatic rings. The highest BCUT2D eigenvalue weighted by atomic mass is 35.5. The van der Waals surface area contributed by atoms with E-state index < -0.39 is 34.1 Å². The van der Waals surface area contributed by atoms with Crippen molar-refractivity contribution in [1.29, 1.82) is 0 Å². The first-order valence-corrected chi connectivity index (χ1v) is 12.8. The van der Waals surface area contributed by atoms with Crippen LogP contribution in [0.25, 0.3) is 0 Å². The Morgan fingerprint density at radius 1 is 1.25 bits per heavy atom. The summed E-state index contributed by atoms with van der Waals surface area (Å²) in [5.74, 6) is -0.730. The second-order valence-electron chi connectivity index (χ2n) is 9.00. The van der Waals surface area contributed by atoms with Gasteiger partial charge in [-0.25, -0.2) is 13.1 Å². The van der Waals surface area contributed by atoms with Gasteiger partial charge in [-0.3, -0.25) is 9.59 Å². The molecule has 32 heavy (non-hydrogen) atoms. The molecule has 1 aromatic carbocycles. The van der Waals surface area contributed by atoms with E-state index in [1.807, 2.05) is 27.7 Å². The number of nitrogens with one attached hydrogen (secondary N) is 2. The Morgan fingerprint density at radius 3 is 2.44 bits per heavy atom. The van der Waals surface area contributed by atoms with Crippen LogP contribution < -0.4 is 10.0 Å². The van der Waals surface area contributed by atoms with Gasteiger partial charge in [0.05, 0.1) is 17.5 Å². The number of hydrogen-bond acceptors (Lipinski definition) is 5. The largest absolute Gasteiger partial charge is 0.376 e. The molecule has 1 fully saturated rings. The van der Waals surface area contributed by atoms with Crippen molar-refractivity contribution in [1.82, 2.24) is 14.9 Å². The summed E-state index contributed by atoms with van der Waals surface area (Å²) in [7, 11) is -3.91. The Balaban J connectivity index is 2.20. The fourth-order valence-corrected chi connectivity index (χ4v) is 4.62. The van der Waals surface area contributed by atoms with E-state index in [0.717, 1.165) is 12.8 Å². The molecule has 1 aliphatic heterocycles. The molecule has 2 N–H and O–H groups in total. The molecular formula is C22H34ClN3O5S. The molecular weight excluding hydrogens is 454 g/mol. The van der Waals surface area contributed by atoms with Gasteiger partial charge in [0.2, 0.25) is 21.8 Å². The van der Waals surface area contributed by atoms with E-state index in [1.165, 1.54) is 29.2 Å². The van der Waals surface area contributed by atoms with Crippen molar-refractivity contribution < 1.29 is 22.7 Å². The van der Waals surface area contributed by atoms with Gasteiger partial charge in [0, 0.05) is 23.7 Å². The second-order valence-corrected chi connectivity index (χ2v) is 11.2. The van der Waals surface area contributed by atoms with E-state index in [0.29, 0.717) is 24.5 Å². The van der Waals surface area contributed by atoms with Crippen molar-refractivity contribution in [3.63, 3.8) is 0 Å². The molecule has 0 aliphatic carbocycles. The first-order valence-electron chi connectivity index (χ1n) is 10.9. The quantitative estimate of drug-likeness (QED) is 0.528. The minimum absolute atomic E-state index is 0.0101. The number of nitrogens with zero attached hydrogens (tertiary/aromatic N) is 1. The molecule has 1 heterocycles. The normalized spacial score (nSPS) is 17.7. The van der Waals surface area contributed by atoms with Crippen molar-refractivity contribution in [3.05, 3.63) is 29.3 Å². The average Bonchev–Trinajstić information content (AvgIpc) is 3.21. The van der Waals surface area contributed by atoms with Crippen LogP contribution in [0, 0.1) is 0 Å².